The number of nitrogens with zero attached hydrogens (tertiary/aromatic N) is 1. The number of nitrogens with one attached hydrogen (secondary N) is 2. The van der Waals surface area contributed by atoms with Crippen LogP contribution in [0.1, 0.15) is 30.4 Å². The molecule has 1 aliphatic heterocycles. The van der Waals surface area contributed by atoms with E-state index in [2.05, 4.69) is 10.6 Å². The van der Waals surface area contributed by atoms with Gasteiger partial charge in [0.1, 0.15) is 11.8 Å². The van der Waals surface area contributed by atoms with Gasteiger partial charge in [0.05, 0.1) is 6.61 Å². The maximum Gasteiger partial charge on any atom is 0.322 e. The lowest BCUT2D eigenvalue weighted by Crippen LogP contribution is -2.33. The first-order chi connectivity index (χ1) is 11.9. The van der Waals surface area contributed by atoms with E-state index in [0.29, 0.717) is 19.6 Å². The zero-order valence-electron chi connectivity index (χ0n) is 14.9. The zero-order chi connectivity index (χ0) is 18.4. The zero-order valence-corrected chi connectivity index (χ0v) is 14.9. The summed E-state index contributed by atoms with van der Waals surface area (Å²) in [5, 5.41) is 4.64. The van der Waals surface area contributed by atoms with Gasteiger partial charge in [-0.3, -0.25) is 14.9 Å². The summed E-state index contributed by atoms with van der Waals surface area (Å²) in [5.74, 6) is 0.444. The Hall–Kier alpha value is -2.57. The highest BCUT2D eigenvalue weighted by Crippen LogP contribution is 2.20. The third kappa shape index (κ3) is 5.20. The van der Waals surface area contributed by atoms with Crippen molar-refractivity contribution in [3.05, 3.63) is 29.3 Å². The van der Waals surface area contributed by atoms with Crippen LogP contribution in [0.4, 0.5) is 4.79 Å². The highest BCUT2D eigenvalue weighted by molar-refractivity contribution is 6.04. The fourth-order valence-electron chi connectivity index (χ4n) is 2.61. The second-order valence-corrected chi connectivity index (χ2v) is 6.27. The summed E-state index contributed by atoms with van der Waals surface area (Å²) in [6, 6.07) is 4.84. The predicted octanol–water partition coefficient (Wildman–Crippen LogP) is 1.52. The van der Waals surface area contributed by atoms with Crippen molar-refractivity contribution in [2.75, 3.05) is 20.2 Å². The Bertz CT molecular complexity index is 660. The fourth-order valence-corrected chi connectivity index (χ4v) is 2.61. The molecule has 25 heavy (non-hydrogen) atoms. The molecule has 2 rings (SSSR count). The largest absolute Gasteiger partial charge is 0.493 e. The number of carbonyl (C=O) groups excluding carboxylic acids is 3. The quantitative estimate of drug-likeness (QED) is 0.551. The van der Waals surface area contributed by atoms with E-state index in [0.717, 1.165) is 17.7 Å². The molecule has 1 aromatic carbocycles. The number of imide groups is 1. The summed E-state index contributed by atoms with van der Waals surface area (Å²) in [7, 11) is 1.73. The van der Waals surface area contributed by atoms with E-state index in [1.54, 1.807) is 11.9 Å². The molecule has 1 heterocycles. The monoisotopic (exact) mass is 347 g/mol. The topological polar surface area (TPSA) is 87.7 Å². The van der Waals surface area contributed by atoms with Crippen molar-refractivity contribution in [1.29, 1.82) is 0 Å². The summed E-state index contributed by atoms with van der Waals surface area (Å²) in [6.07, 6.45) is 1.24. The highest BCUT2D eigenvalue weighted by atomic mass is 16.5. The van der Waals surface area contributed by atoms with Gasteiger partial charge in [-0.05, 0) is 43.9 Å². The van der Waals surface area contributed by atoms with Crippen molar-refractivity contribution in [2.45, 2.75) is 39.2 Å². The number of rotatable bonds is 8. The van der Waals surface area contributed by atoms with E-state index in [9.17, 15) is 14.4 Å². The van der Waals surface area contributed by atoms with E-state index < -0.39 is 12.1 Å². The highest BCUT2D eigenvalue weighted by Gasteiger charge is 2.29. The lowest BCUT2D eigenvalue weighted by atomic mass is 10.1. The van der Waals surface area contributed by atoms with Crippen LogP contribution in [-0.2, 0) is 9.59 Å². The Balaban J connectivity index is 1.66. The van der Waals surface area contributed by atoms with Gasteiger partial charge in [0, 0.05) is 20.0 Å². The molecule has 0 aliphatic carbocycles. The molecule has 1 unspecified atom stereocenters. The summed E-state index contributed by atoms with van der Waals surface area (Å²) in [5.41, 5.74) is 2.32. The number of urea groups is 1. The molecule has 0 aromatic heterocycles. The number of amides is 4. The van der Waals surface area contributed by atoms with E-state index in [-0.39, 0.29) is 18.2 Å². The molecule has 4 amide bonds. The molecule has 0 spiro atoms. The van der Waals surface area contributed by atoms with Gasteiger partial charge >= 0.3 is 6.03 Å². The number of carbonyl (C=O) groups is 3. The molecule has 136 valence electrons. The maximum absolute atomic E-state index is 12.1. The van der Waals surface area contributed by atoms with Gasteiger partial charge < -0.3 is 15.0 Å². The van der Waals surface area contributed by atoms with Crippen LogP contribution in [-0.4, -0.2) is 49.0 Å². The minimum atomic E-state index is -0.613. The summed E-state index contributed by atoms with van der Waals surface area (Å²) < 4.78 is 5.78. The van der Waals surface area contributed by atoms with Gasteiger partial charge in [-0.1, -0.05) is 12.1 Å². The summed E-state index contributed by atoms with van der Waals surface area (Å²) in [6.45, 7) is 5.18. The third-order valence-corrected chi connectivity index (χ3v) is 4.38. The average Bonchev–Trinajstić information content (AvgIpc) is 2.90. The normalized spacial score (nSPS) is 16.4. The van der Waals surface area contributed by atoms with E-state index >= 15 is 0 Å². The lowest BCUT2D eigenvalue weighted by Gasteiger charge is -2.18. The number of ether oxygens (including phenoxy) is 1. The third-order valence-electron chi connectivity index (χ3n) is 4.38. The SMILES string of the molecule is Cc1cccc(OCCCN(C)C(=O)CCC2NC(=O)NC2=O)c1C. The Morgan fingerprint density at radius 2 is 2.04 bits per heavy atom. The van der Waals surface area contributed by atoms with Crippen molar-refractivity contribution < 1.29 is 19.1 Å². The van der Waals surface area contributed by atoms with Crippen LogP contribution in [0.25, 0.3) is 0 Å². The Labute approximate surface area is 147 Å². The standard InChI is InChI=1S/C18H25N3O4/c1-12-6-4-7-15(13(12)2)25-11-5-10-21(3)16(22)9-8-14-17(23)20-18(24)19-14/h4,6-7,14H,5,8-11H2,1-3H3,(H2,19,20,23,24). The van der Waals surface area contributed by atoms with Crippen LogP contribution in [0.2, 0.25) is 0 Å². The molecule has 1 aromatic rings. The summed E-state index contributed by atoms with van der Waals surface area (Å²) >= 11 is 0. The Morgan fingerprint density at radius 3 is 2.72 bits per heavy atom. The second kappa shape index (κ2) is 8.50. The van der Waals surface area contributed by atoms with Crippen molar-refractivity contribution in [3.63, 3.8) is 0 Å². The minimum Gasteiger partial charge on any atom is -0.493 e. The predicted molar refractivity (Wildman–Crippen MR) is 93.4 cm³/mol. The maximum atomic E-state index is 12.1. The Kier molecular flexibility index (Phi) is 6.38. The van der Waals surface area contributed by atoms with E-state index in [1.807, 2.05) is 32.0 Å². The van der Waals surface area contributed by atoms with Crippen LogP contribution in [0.15, 0.2) is 18.2 Å². The van der Waals surface area contributed by atoms with Gasteiger partial charge in [0.25, 0.3) is 5.91 Å². The van der Waals surface area contributed by atoms with Gasteiger partial charge in [0.2, 0.25) is 5.91 Å². The van der Waals surface area contributed by atoms with Crippen LogP contribution >= 0.6 is 0 Å². The molecule has 7 heteroatoms. The molecule has 2 N–H and O–H groups in total. The van der Waals surface area contributed by atoms with Gasteiger partial charge in [-0.2, -0.15) is 0 Å². The smallest absolute Gasteiger partial charge is 0.322 e. The lowest BCUT2D eigenvalue weighted by molar-refractivity contribution is -0.130. The molecular formula is C18H25N3O4. The fraction of sp³-hybridized carbons (Fsp3) is 0.500. The molecule has 0 bridgehead atoms. The molecule has 0 saturated carbocycles. The first kappa shape index (κ1) is 18.8. The number of aryl methyl sites for hydroxylation is 1. The van der Waals surface area contributed by atoms with E-state index in [4.69, 9.17) is 4.74 Å². The van der Waals surface area contributed by atoms with Crippen LogP contribution in [0.5, 0.6) is 5.75 Å². The minimum absolute atomic E-state index is 0.0549. The van der Waals surface area contributed by atoms with Crippen LogP contribution in [0.3, 0.4) is 0 Å². The van der Waals surface area contributed by atoms with Gasteiger partial charge in [-0.15, -0.1) is 0 Å². The van der Waals surface area contributed by atoms with Gasteiger partial charge in [0.15, 0.2) is 0 Å². The Morgan fingerprint density at radius 1 is 1.28 bits per heavy atom. The van der Waals surface area contributed by atoms with Crippen LogP contribution in [0, 0.1) is 13.8 Å². The number of benzene rings is 1. The molecule has 1 aliphatic rings. The second-order valence-electron chi connectivity index (χ2n) is 6.27. The van der Waals surface area contributed by atoms with E-state index in [1.165, 1.54) is 5.56 Å². The first-order valence-corrected chi connectivity index (χ1v) is 8.43. The van der Waals surface area contributed by atoms with Crippen molar-refractivity contribution in [1.82, 2.24) is 15.5 Å². The van der Waals surface area contributed by atoms with Crippen molar-refractivity contribution in [2.24, 2.45) is 0 Å². The molecular weight excluding hydrogens is 322 g/mol. The molecule has 1 fully saturated rings. The molecule has 7 nitrogen and oxygen atoms in total. The molecule has 0 radical (unpaired) electrons. The summed E-state index contributed by atoms with van der Waals surface area (Å²) in [4.78, 5) is 36.2. The van der Waals surface area contributed by atoms with Crippen molar-refractivity contribution >= 4 is 17.8 Å². The molecule has 1 saturated heterocycles. The average molecular weight is 347 g/mol. The number of hydrogen-bond donors (Lipinski definition) is 2. The van der Waals surface area contributed by atoms with Crippen molar-refractivity contribution in [3.8, 4) is 5.75 Å². The van der Waals surface area contributed by atoms with Crippen LogP contribution < -0.4 is 15.4 Å². The number of hydrogen-bond acceptors (Lipinski definition) is 4. The molecule has 1 atom stereocenters. The first-order valence-electron chi connectivity index (χ1n) is 8.43. The van der Waals surface area contributed by atoms with Gasteiger partial charge in [-0.25, -0.2) is 4.79 Å².